The highest BCUT2D eigenvalue weighted by Gasteiger charge is 2.39. The van der Waals surface area contributed by atoms with Gasteiger partial charge in [0.2, 0.25) is 0 Å². The second kappa shape index (κ2) is 6.21. The van der Waals surface area contributed by atoms with Gasteiger partial charge >= 0.3 is 6.18 Å². The van der Waals surface area contributed by atoms with Crippen LogP contribution >= 0.6 is 15.9 Å². The molecule has 0 bridgehead atoms. The molecule has 98 valence electrons. The molecule has 0 aliphatic rings. The maximum Gasteiger partial charge on any atom is 0.405 e. The van der Waals surface area contributed by atoms with Gasteiger partial charge in [-0.1, -0.05) is 28.1 Å². The molecule has 2 atom stereocenters. The van der Waals surface area contributed by atoms with Gasteiger partial charge in [-0.15, -0.1) is 0 Å². The minimum atomic E-state index is -4.48. The van der Waals surface area contributed by atoms with Crippen molar-refractivity contribution in [2.24, 2.45) is 5.92 Å². The maximum atomic E-state index is 12.4. The standard InChI is InChI=1S/C12H12BrF3N2/c1-8(9-2-4-11(13)5-3-9)18-7-10(6-17)12(14,15)16/h2-5,8,10,18H,7H2,1H3/t8-,10?/m0/s1. The van der Waals surface area contributed by atoms with E-state index in [9.17, 15) is 13.2 Å². The molecule has 0 heterocycles. The number of hydrogen-bond acceptors (Lipinski definition) is 2. The largest absolute Gasteiger partial charge is 0.405 e. The lowest BCUT2D eigenvalue weighted by Crippen LogP contribution is -2.33. The molecule has 0 aliphatic carbocycles. The molecule has 1 unspecified atom stereocenters. The van der Waals surface area contributed by atoms with E-state index < -0.39 is 18.6 Å². The number of nitrogens with one attached hydrogen (secondary N) is 1. The van der Waals surface area contributed by atoms with E-state index in [1.807, 2.05) is 24.3 Å². The number of rotatable bonds is 4. The van der Waals surface area contributed by atoms with Crippen molar-refractivity contribution >= 4 is 15.9 Å². The van der Waals surface area contributed by atoms with Crippen molar-refractivity contribution in [3.63, 3.8) is 0 Å². The van der Waals surface area contributed by atoms with Crippen molar-refractivity contribution in [2.45, 2.75) is 19.1 Å². The lowest BCUT2D eigenvalue weighted by molar-refractivity contribution is -0.157. The Morgan fingerprint density at radius 3 is 2.33 bits per heavy atom. The first-order valence-corrected chi connectivity index (χ1v) is 6.09. The highest BCUT2D eigenvalue weighted by molar-refractivity contribution is 9.10. The predicted octanol–water partition coefficient (Wildman–Crippen LogP) is 3.80. The molecule has 1 rings (SSSR count). The first-order valence-electron chi connectivity index (χ1n) is 5.29. The molecule has 18 heavy (non-hydrogen) atoms. The molecule has 0 amide bonds. The molecular formula is C12H12BrF3N2. The normalized spacial score (nSPS) is 14.9. The van der Waals surface area contributed by atoms with Crippen LogP contribution in [0, 0.1) is 17.2 Å². The Morgan fingerprint density at radius 2 is 1.89 bits per heavy atom. The van der Waals surface area contributed by atoms with E-state index in [1.54, 1.807) is 6.92 Å². The van der Waals surface area contributed by atoms with Crippen LogP contribution in [0.4, 0.5) is 13.2 Å². The smallest absolute Gasteiger partial charge is 0.309 e. The number of halogens is 4. The van der Waals surface area contributed by atoms with Gasteiger partial charge in [-0.05, 0) is 24.6 Å². The first kappa shape index (κ1) is 15.0. The molecule has 0 saturated heterocycles. The van der Waals surface area contributed by atoms with E-state index in [0.29, 0.717) is 0 Å². The van der Waals surface area contributed by atoms with Crippen LogP contribution in [0.5, 0.6) is 0 Å². The van der Waals surface area contributed by atoms with Gasteiger partial charge < -0.3 is 5.32 Å². The summed E-state index contributed by atoms with van der Waals surface area (Å²) < 4.78 is 38.0. The number of nitrogens with zero attached hydrogens (tertiary/aromatic N) is 1. The summed E-state index contributed by atoms with van der Waals surface area (Å²) in [4.78, 5) is 0. The van der Waals surface area contributed by atoms with Gasteiger partial charge in [0, 0.05) is 17.1 Å². The van der Waals surface area contributed by atoms with Crippen molar-refractivity contribution < 1.29 is 13.2 Å². The fourth-order valence-corrected chi connectivity index (χ4v) is 1.66. The van der Waals surface area contributed by atoms with Crippen LogP contribution in [-0.4, -0.2) is 12.7 Å². The van der Waals surface area contributed by atoms with Gasteiger partial charge in [0.05, 0.1) is 6.07 Å². The molecule has 0 fully saturated rings. The molecule has 0 spiro atoms. The SMILES string of the molecule is C[C@H](NCC(C#N)C(F)(F)F)c1ccc(Br)cc1. The summed E-state index contributed by atoms with van der Waals surface area (Å²) in [5, 5.41) is 11.2. The zero-order valence-corrected chi connectivity index (χ0v) is 11.2. The Bertz CT molecular complexity index is 422. The van der Waals surface area contributed by atoms with Crippen molar-refractivity contribution in [1.82, 2.24) is 5.32 Å². The highest BCUT2D eigenvalue weighted by atomic mass is 79.9. The Morgan fingerprint density at radius 1 is 1.33 bits per heavy atom. The van der Waals surface area contributed by atoms with Crippen molar-refractivity contribution in [2.75, 3.05) is 6.54 Å². The molecule has 6 heteroatoms. The average Bonchev–Trinajstić information content (AvgIpc) is 2.28. The summed E-state index contributed by atoms with van der Waals surface area (Å²) in [6.07, 6.45) is -4.48. The van der Waals surface area contributed by atoms with Gasteiger partial charge in [0.1, 0.15) is 0 Å². The third-order valence-corrected chi connectivity index (χ3v) is 3.08. The predicted molar refractivity (Wildman–Crippen MR) is 65.7 cm³/mol. The zero-order chi connectivity index (χ0) is 13.8. The Balaban J connectivity index is 2.58. The Hall–Kier alpha value is -1.06. The van der Waals surface area contributed by atoms with E-state index in [1.165, 1.54) is 6.07 Å². The highest BCUT2D eigenvalue weighted by Crippen LogP contribution is 2.25. The summed E-state index contributed by atoms with van der Waals surface area (Å²) in [5.41, 5.74) is 0.872. The fraction of sp³-hybridized carbons (Fsp3) is 0.417. The van der Waals surface area contributed by atoms with Crippen LogP contribution in [-0.2, 0) is 0 Å². The Labute approximate surface area is 112 Å². The van der Waals surface area contributed by atoms with Crippen LogP contribution in [0.1, 0.15) is 18.5 Å². The van der Waals surface area contributed by atoms with Gasteiger partial charge in [0.25, 0.3) is 0 Å². The first-order chi connectivity index (χ1) is 8.34. The van der Waals surface area contributed by atoms with Crippen LogP contribution in [0.25, 0.3) is 0 Å². The Kier molecular flexibility index (Phi) is 5.17. The van der Waals surface area contributed by atoms with Crippen LogP contribution in [0.2, 0.25) is 0 Å². The van der Waals surface area contributed by atoms with Crippen LogP contribution in [0.3, 0.4) is 0 Å². The molecular weight excluding hydrogens is 309 g/mol. The van der Waals surface area contributed by atoms with Gasteiger partial charge in [-0.2, -0.15) is 18.4 Å². The monoisotopic (exact) mass is 320 g/mol. The van der Waals surface area contributed by atoms with Gasteiger partial charge in [-0.3, -0.25) is 0 Å². The summed E-state index contributed by atoms with van der Waals surface area (Å²) >= 11 is 3.28. The number of nitriles is 1. The van der Waals surface area contributed by atoms with Gasteiger partial charge in [-0.25, -0.2) is 0 Å². The third kappa shape index (κ3) is 4.31. The minimum absolute atomic E-state index is 0.240. The molecule has 2 nitrogen and oxygen atoms in total. The lowest BCUT2D eigenvalue weighted by Gasteiger charge is -2.18. The molecule has 1 N–H and O–H groups in total. The van der Waals surface area contributed by atoms with Crippen molar-refractivity contribution in [3.8, 4) is 6.07 Å². The van der Waals surface area contributed by atoms with Crippen molar-refractivity contribution in [3.05, 3.63) is 34.3 Å². The molecule has 1 aromatic rings. The second-order valence-electron chi connectivity index (χ2n) is 3.90. The summed E-state index contributed by atoms with van der Waals surface area (Å²) in [5.74, 6) is -1.98. The molecule has 1 aromatic carbocycles. The molecule has 0 aliphatic heterocycles. The average molecular weight is 321 g/mol. The molecule has 0 aromatic heterocycles. The number of hydrogen-bond donors (Lipinski definition) is 1. The van der Waals surface area contributed by atoms with Gasteiger partial charge in [0.15, 0.2) is 5.92 Å². The lowest BCUT2D eigenvalue weighted by atomic mass is 10.1. The third-order valence-electron chi connectivity index (χ3n) is 2.55. The maximum absolute atomic E-state index is 12.4. The number of benzene rings is 1. The second-order valence-corrected chi connectivity index (χ2v) is 4.82. The number of alkyl halides is 3. The van der Waals surface area contributed by atoms with E-state index >= 15 is 0 Å². The van der Waals surface area contributed by atoms with E-state index in [2.05, 4.69) is 21.2 Å². The summed E-state index contributed by atoms with van der Waals surface area (Å²) in [6, 6.07) is 8.29. The van der Waals surface area contributed by atoms with E-state index in [0.717, 1.165) is 10.0 Å². The quantitative estimate of drug-likeness (QED) is 0.915. The van der Waals surface area contributed by atoms with E-state index in [4.69, 9.17) is 5.26 Å². The summed E-state index contributed by atoms with van der Waals surface area (Å²) in [7, 11) is 0. The molecule has 0 saturated carbocycles. The topological polar surface area (TPSA) is 35.8 Å². The fourth-order valence-electron chi connectivity index (χ4n) is 1.40. The zero-order valence-electron chi connectivity index (χ0n) is 9.63. The van der Waals surface area contributed by atoms with E-state index in [-0.39, 0.29) is 6.04 Å². The van der Waals surface area contributed by atoms with Crippen LogP contribution < -0.4 is 5.32 Å². The minimum Gasteiger partial charge on any atom is -0.309 e. The van der Waals surface area contributed by atoms with Crippen LogP contribution in [0.15, 0.2) is 28.7 Å². The summed E-state index contributed by atoms with van der Waals surface area (Å²) in [6.45, 7) is 1.35. The molecule has 0 radical (unpaired) electrons. The van der Waals surface area contributed by atoms with Crippen molar-refractivity contribution in [1.29, 1.82) is 5.26 Å².